The normalized spacial score (nSPS) is 13.9. The molecule has 0 aliphatic heterocycles. The van der Waals surface area contributed by atoms with E-state index in [-0.39, 0.29) is 22.8 Å². The molecule has 27 heavy (non-hydrogen) atoms. The minimum atomic E-state index is -1.94. The molecule has 0 aliphatic carbocycles. The van der Waals surface area contributed by atoms with E-state index in [0.29, 0.717) is 12.2 Å². The number of nitrogens with one attached hydrogen (secondary N) is 1. The Morgan fingerprint density at radius 2 is 1.59 bits per heavy atom. The number of carbonyl (C=O) groups excluding carboxylic acids is 1. The number of carbonyl (C=O) groups is 2. The van der Waals surface area contributed by atoms with Crippen LogP contribution in [0.25, 0.3) is 0 Å². The van der Waals surface area contributed by atoms with Gasteiger partial charge in [0, 0.05) is 18.6 Å². The Balaban J connectivity index is 2.72. The highest BCUT2D eigenvalue weighted by atomic mass is 28.4. The lowest BCUT2D eigenvalue weighted by molar-refractivity contribution is -0.139. The number of hydrogen-bond acceptors (Lipinski definition) is 3. The lowest BCUT2D eigenvalue weighted by Gasteiger charge is -2.36. The van der Waals surface area contributed by atoms with Crippen LogP contribution in [0, 0.1) is 0 Å². The van der Waals surface area contributed by atoms with Gasteiger partial charge < -0.3 is 14.8 Å². The molecule has 0 saturated heterocycles. The van der Waals surface area contributed by atoms with Crippen molar-refractivity contribution < 1.29 is 19.1 Å². The summed E-state index contributed by atoms with van der Waals surface area (Å²) in [6.45, 7) is 17.3. The van der Waals surface area contributed by atoms with E-state index in [1.807, 2.05) is 12.1 Å². The number of carboxylic acid groups (broad SMARTS) is 1. The monoisotopic (exact) mass is 393 g/mol. The molecule has 0 heterocycles. The molecule has 5 nitrogen and oxygen atoms in total. The summed E-state index contributed by atoms with van der Waals surface area (Å²) < 4.78 is 6.04. The summed E-state index contributed by atoms with van der Waals surface area (Å²) in [5, 5.41) is 12.1. The average Bonchev–Trinajstić information content (AvgIpc) is 2.51. The van der Waals surface area contributed by atoms with Crippen molar-refractivity contribution in [3.05, 3.63) is 35.4 Å². The standard InChI is InChI=1S/C21H35NO4Si/c1-20(2,3)16-11-9-15(10-12-16)18(23)22-17(19(24)25)13-14-26-27(7,8)21(4,5)6/h9-12,17H,13-14H2,1-8H3,(H,22,23)(H,24,25)/t17-/m0/s1. The fourth-order valence-electron chi connectivity index (χ4n) is 2.27. The number of hydrogen-bond donors (Lipinski definition) is 2. The smallest absolute Gasteiger partial charge is 0.326 e. The Labute approximate surface area is 164 Å². The van der Waals surface area contributed by atoms with E-state index in [9.17, 15) is 14.7 Å². The highest BCUT2D eigenvalue weighted by Crippen LogP contribution is 2.36. The maximum Gasteiger partial charge on any atom is 0.326 e. The number of carboxylic acids is 1. The van der Waals surface area contributed by atoms with E-state index in [2.05, 4.69) is 60.0 Å². The van der Waals surface area contributed by atoms with Crippen LogP contribution >= 0.6 is 0 Å². The van der Waals surface area contributed by atoms with Crippen molar-refractivity contribution in [3.63, 3.8) is 0 Å². The molecule has 2 N–H and O–H groups in total. The first-order valence-electron chi connectivity index (χ1n) is 9.43. The maximum atomic E-state index is 12.4. The van der Waals surface area contributed by atoms with Crippen LogP contribution in [-0.4, -0.2) is 37.9 Å². The van der Waals surface area contributed by atoms with Gasteiger partial charge in [0.15, 0.2) is 8.32 Å². The number of rotatable bonds is 7. The van der Waals surface area contributed by atoms with Crippen LogP contribution in [0.1, 0.15) is 63.9 Å². The Bertz CT molecular complexity index is 654. The van der Waals surface area contributed by atoms with Crippen molar-refractivity contribution in [2.75, 3.05) is 6.61 Å². The van der Waals surface area contributed by atoms with Gasteiger partial charge in [-0.05, 0) is 41.2 Å². The first-order chi connectivity index (χ1) is 12.1. The SMILES string of the molecule is CC(C)(C)c1ccc(C(=O)N[C@@H](CCO[Si](C)(C)C(C)(C)C)C(=O)O)cc1. The lowest BCUT2D eigenvalue weighted by atomic mass is 9.86. The molecule has 1 atom stereocenters. The Hall–Kier alpha value is -1.66. The van der Waals surface area contributed by atoms with Gasteiger partial charge in [-0.25, -0.2) is 4.79 Å². The van der Waals surface area contributed by atoms with Crippen LogP contribution in [0.4, 0.5) is 0 Å². The zero-order valence-corrected chi connectivity index (χ0v) is 19.0. The molecule has 1 rings (SSSR count). The zero-order valence-electron chi connectivity index (χ0n) is 18.0. The molecular formula is C21H35NO4Si. The third-order valence-electron chi connectivity index (χ3n) is 5.29. The van der Waals surface area contributed by atoms with Crippen LogP contribution in [0.5, 0.6) is 0 Å². The Morgan fingerprint density at radius 1 is 1.07 bits per heavy atom. The highest BCUT2D eigenvalue weighted by molar-refractivity contribution is 6.74. The molecule has 0 saturated carbocycles. The van der Waals surface area contributed by atoms with Crippen molar-refractivity contribution in [1.29, 1.82) is 0 Å². The number of aliphatic carboxylic acids is 1. The molecule has 0 bridgehead atoms. The molecule has 0 aliphatic rings. The average molecular weight is 394 g/mol. The van der Waals surface area contributed by atoms with Gasteiger partial charge in [0.2, 0.25) is 0 Å². The second-order valence-corrected chi connectivity index (χ2v) is 14.4. The van der Waals surface area contributed by atoms with Crippen molar-refractivity contribution in [3.8, 4) is 0 Å². The summed E-state index contributed by atoms with van der Waals surface area (Å²) in [5.74, 6) is -1.43. The summed E-state index contributed by atoms with van der Waals surface area (Å²) in [4.78, 5) is 24.0. The second-order valence-electron chi connectivity index (χ2n) is 9.59. The Kier molecular flexibility index (Phi) is 7.42. The lowest BCUT2D eigenvalue weighted by Crippen LogP contribution is -2.44. The number of benzene rings is 1. The molecule has 0 unspecified atom stereocenters. The van der Waals surface area contributed by atoms with E-state index in [1.54, 1.807) is 12.1 Å². The third kappa shape index (κ3) is 6.77. The summed E-state index contributed by atoms with van der Waals surface area (Å²) in [5.41, 5.74) is 1.58. The van der Waals surface area contributed by atoms with Crippen LogP contribution in [-0.2, 0) is 14.6 Å². The van der Waals surface area contributed by atoms with Gasteiger partial charge >= 0.3 is 5.97 Å². The maximum absolute atomic E-state index is 12.4. The van der Waals surface area contributed by atoms with Crippen LogP contribution in [0.2, 0.25) is 18.1 Å². The summed E-state index contributed by atoms with van der Waals surface area (Å²) in [6.07, 6.45) is 0.244. The molecule has 6 heteroatoms. The highest BCUT2D eigenvalue weighted by Gasteiger charge is 2.37. The molecule has 0 fully saturated rings. The minimum Gasteiger partial charge on any atom is -0.480 e. The van der Waals surface area contributed by atoms with E-state index >= 15 is 0 Å². The zero-order chi connectivity index (χ0) is 21.0. The van der Waals surface area contributed by atoms with Crippen LogP contribution in [0.15, 0.2) is 24.3 Å². The fourth-order valence-corrected chi connectivity index (χ4v) is 3.33. The van der Waals surface area contributed by atoms with Gasteiger partial charge in [-0.3, -0.25) is 4.79 Å². The molecule has 1 aromatic rings. The summed E-state index contributed by atoms with van der Waals surface area (Å²) in [6, 6.07) is 6.32. The van der Waals surface area contributed by atoms with Crippen molar-refractivity contribution >= 4 is 20.2 Å². The third-order valence-corrected chi connectivity index (χ3v) is 9.83. The molecule has 152 valence electrons. The van der Waals surface area contributed by atoms with Crippen LogP contribution in [0.3, 0.4) is 0 Å². The van der Waals surface area contributed by atoms with Crippen molar-refractivity contribution in [1.82, 2.24) is 5.32 Å². The molecule has 1 amide bonds. The molecular weight excluding hydrogens is 358 g/mol. The van der Waals surface area contributed by atoms with Gasteiger partial charge in [0.05, 0.1) is 0 Å². The fraction of sp³-hybridized carbons (Fsp3) is 0.619. The Morgan fingerprint density at radius 3 is 2.00 bits per heavy atom. The van der Waals surface area contributed by atoms with Crippen molar-refractivity contribution in [2.24, 2.45) is 0 Å². The van der Waals surface area contributed by atoms with Gasteiger partial charge in [0.1, 0.15) is 6.04 Å². The molecule has 0 aromatic heterocycles. The topological polar surface area (TPSA) is 75.6 Å². The summed E-state index contributed by atoms with van der Waals surface area (Å²) in [7, 11) is -1.94. The number of amides is 1. The van der Waals surface area contributed by atoms with Gasteiger partial charge in [-0.2, -0.15) is 0 Å². The summed E-state index contributed by atoms with van der Waals surface area (Å²) >= 11 is 0. The first kappa shape index (κ1) is 23.4. The first-order valence-corrected chi connectivity index (χ1v) is 12.3. The van der Waals surface area contributed by atoms with E-state index in [1.165, 1.54) is 0 Å². The van der Waals surface area contributed by atoms with Crippen molar-refractivity contribution in [2.45, 2.75) is 77.6 Å². The second kappa shape index (κ2) is 8.57. The van der Waals surface area contributed by atoms with Crippen LogP contribution < -0.4 is 5.32 Å². The predicted molar refractivity (Wildman–Crippen MR) is 112 cm³/mol. The minimum absolute atomic E-state index is 0.000306. The van der Waals surface area contributed by atoms with Gasteiger partial charge in [-0.15, -0.1) is 0 Å². The predicted octanol–water partition coefficient (Wildman–Crippen LogP) is 4.58. The van der Waals surface area contributed by atoms with Gasteiger partial charge in [-0.1, -0.05) is 53.7 Å². The molecule has 0 spiro atoms. The molecule has 1 aromatic carbocycles. The van der Waals surface area contributed by atoms with E-state index in [0.717, 1.165) is 5.56 Å². The van der Waals surface area contributed by atoms with E-state index in [4.69, 9.17) is 4.43 Å². The molecule has 0 radical (unpaired) electrons. The quantitative estimate of drug-likeness (QED) is 0.665. The largest absolute Gasteiger partial charge is 0.480 e. The van der Waals surface area contributed by atoms with E-state index < -0.39 is 20.3 Å². The van der Waals surface area contributed by atoms with Gasteiger partial charge in [0.25, 0.3) is 5.91 Å².